The molecule has 1 rings (SSSR count). The summed E-state index contributed by atoms with van der Waals surface area (Å²) < 4.78 is 9.20. The number of carbonyl (C=O) groups is 1. The van der Waals surface area contributed by atoms with Gasteiger partial charge in [-0.05, 0) is 12.1 Å². The van der Waals surface area contributed by atoms with E-state index in [-0.39, 0.29) is 6.79 Å². The molecule has 0 aromatic carbocycles. The van der Waals surface area contributed by atoms with Crippen LogP contribution in [0.3, 0.4) is 0 Å². The van der Waals surface area contributed by atoms with Gasteiger partial charge in [0, 0.05) is 13.3 Å². The van der Waals surface area contributed by atoms with Gasteiger partial charge in [0.05, 0.1) is 0 Å². The molecule has 0 radical (unpaired) electrons. The molecule has 0 saturated carbocycles. The molecule has 0 unspecified atom stereocenters. The highest BCUT2D eigenvalue weighted by Gasteiger charge is 2.05. The molecule has 1 aromatic heterocycles. The van der Waals surface area contributed by atoms with E-state index in [9.17, 15) is 4.79 Å². The first-order chi connectivity index (χ1) is 5.34. The van der Waals surface area contributed by atoms with Crippen molar-refractivity contribution >= 4 is 5.97 Å². The predicted octanol–water partition coefficient (Wildman–Crippen LogP) is 0.775. The van der Waals surface area contributed by atoms with Gasteiger partial charge in [0.25, 0.3) is 0 Å². The number of aromatic nitrogens is 1. The van der Waals surface area contributed by atoms with Crippen LogP contribution in [0.5, 0.6) is 0 Å². The van der Waals surface area contributed by atoms with Gasteiger partial charge in [-0.2, -0.15) is 0 Å². The van der Waals surface area contributed by atoms with E-state index in [0.717, 1.165) is 0 Å². The fourth-order valence-electron chi connectivity index (χ4n) is 0.648. The molecule has 60 valence electrons. The Hall–Kier alpha value is -1.29. The Kier molecular flexibility index (Phi) is 2.68. The van der Waals surface area contributed by atoms with Gasteiger partial charge < -0.3 is 14.5 Å². The van der Waals surface area contributed by atoms with Crippen molar-refractivity contribution < 1.29 is 14.3 Å². The zero-order valence-corrected chi connectivity index (χ0v) is 6.16. The predicted molar refractivity (Wildman–Crippen MR) is 38.1 cm³/mol. The van der Waals surface area contributed by atoms with E-state index in [2.05, 4.69) is 14.5 Å². The molecular weight excluding hydrogens is 146 g/mol. The van der Waals surface area contributed by atoms with Crippen molar-refractivity contribution in [1.29, 1.82) is 0 Å². The van der Waals surface area contributed by atoms with Crippen LogP contribution in [0.15, 0.2) is 18.3 Å². The summed E-state index contributed by atoms with van der Waals surface area (Å²) >= 11 is 0. The number of esters is 1. The lowest BCUT2D eigenvalue weighted by Crippen LogP contribution is -2.07. The van der Waals surface area contributed by atoms with Gasteiger partial charge in [-0.25, -0.2) is 4.79 Å². The first-order valence-electron chi connectivity index (χ1n) is 3.14. The molecule has 11 heavy (non-hydrogen) atoms. The average molecular weight is 155 g/mol. The Morgan fingerprint density at radius 3 is 3.09 bits per heavy atom. The third-order valence-corrected chi connectivity index (χ3v) is 1.13. The minimum atomic E-state index is -0.406. The van der Waals surface area contributed by atoms with Crippen LogP contribution < -0.4 is 0 Å². The molecule has 0 amide bonds. The summed E-state index contributed by atoms with van der Waals surface area (Å²) in [5, 5.41) is 0. The summed E-state index contributed by atoms with van der Waals surface area (Å²) in [4.78, 5) is 13.6. The Labute approximate surface area is 64.1 Å². The summed E-state index contributed by atoms with van der Waals surface area (Å²) in [7, 11) is 1.46. The quantitative estimate of drug-likeness (QED) is 0.518. The minimum Gasteiger partial charge on any atom is -0.434 e. The average Bonchev–Trinajstić information content (AvgIpc) is 2.52. The molecule has 0 bridgehead atoms. The number of hydrogen-bond donors (Lipinski definition) is 1. The Balaban J connectivity index is 2.43. The minimum absolute atomic E-state index is 0.0160. The summed E-state index contributed by atoms with van der Waals surface area (Å²) in [6.07, 6.45) is 1.66. The molecule has 1 aromatic rings. The second kappa shape index (κ2) is 3.78. The van der Waals surface area contributed by atoms with Crippen LogP contribution in [-0.4, -0.2) is 24.9 Å². The van der Waals surface area contributed by atoms with Gasteiger partial charge >= 0.3 is 5.97 Å². The zero-order valence-electron chi connectivity index (χ0n) is 6.16. The fraction of sp³-hybridized carbons (Fsp3) is 0.286. The van der Waals surface area contributed by atoms with Crippen LogP contribution >= 0.6 is 0 Å². The molecule has 0 aliphatic heterocycles. The van der Waals surface area contributed by atoms with Gasteiger partial charge in [-0.1, -0.05) is 0 Å². The molecule has 0 aliphatic rings. The summed E-state index contributed by atoms with van der Waals surface area (Å²) in [6.45, 7) is -0.0160. The van der Waals surface area contributed by atoms with Crippen molar-refractivity contribution in [3.8, 4) is 0 Å². The van der Waals surface area contributed by atoms with Crippen molar-refractivity contribution in [1.82, 2.24) is 4.98 Å². The third kappa shape index (κ3) is 2.09. The van der Waals surface area contributed by atoms with Gasteiger partial charge in [-0.3, -0.25) is 0 Å². The molecule has 0 saturated heterocycles. The van der Waals surface area contributed by atoms with E-state index in [1.807, 2.05) is 0 Å². The lowest BCUT2D eigenvalue weighted by Gasteiger charge is -1.99. The molecule has 0 aliphatic carbocycles. The van der Waals surface area contributed by atoms with E-state index in [0.29, 0.717) is 5.69 Å². The van der Waals surface area contributed by atoms with E-state index >= 15 is 0 Å². The Morgan fingerprint density at radius 2 is 2.55 bits per heavy atom. The van der Waals surface area contributed by atoms with Crippen molar-refractivity contribution in [2.75, 3.05) is 13.9 Å². The van der Waals surface area contributed by atoms with Gasteiger partial charge in [0.15, 0.2) is 6.79 Å². The van der Waals surface area contributed by atoms with Gasteiger partial charge in [0.1, 0.15) is 5.69 Å². The summed E-state index contributed by atoms with van der Waals surface area (Å²) in [5.41, 5.74) is 0.432. The first kappa shape index (κ1) is 7.81. The summed E-state index contributed by atoms with van der Waals surface area (Å²) in [6, 6.07) is 3.36. The highest BCUT2D eigenvalue weighted by atomic mass is 16.7. The van der Waals surface area contributed by atoms with Crippen LogP contribution in [0.4, 0.5) is 0 Å². The SMILES string of the molecule is COCOC(=O)c1ccc[nH]1. The molecule has 4 heteroatoms. The van der Waals surface area contributed by atoms with E-state index in [1.165, 1.54) is 7.11 Å². The van der Waals surface area contributed by atoms with Gasteiger partial charge in [0.2, 0.25) is 0 Å². The first-order valence-corrected chi connectivity index (χ1v) is 3.14. The molecule has 4 nitrogen and oxygen atoms in total. The van der Waals surface area contributed by atoms with Crippen LogP contribution in [-0.2, 0) is 9.47 Å². The van der Waals surface area contributed by atoms with Crippen LogP contribution in [0.25, 0.3) is 0 Å². The lowest BCUT2D eigenvalue weighted by molar-refractivity contribution is -0.0129. The standard InChI is InChI=1S/C7H9NO3/c1-10-5-11-7(9)6-3-2-4-8-6/h2-4,8H,5H2,1H3. The normalized spacial score (nSPS) is 9.55. The maximum absolute atomic E-state index is 10.9. The molecule has 0 fully saturated rings. The Bertz CT molecular complexity index is 218. The number of ether oxygens (including phenoxy) is 2. The fourth-order valence-corrected chi connectivity index (χ4v) is 0.648. The molecule has 0 spiro atoms. The second-order valence-electron chi connectivity index (χ2n) is 1.92. The number of carbonyl (C=O) groups excluding carboxylic acids is 1. The van der Waals surface area contributed by atoms with Crippen molar-refractivity contribution in [3.63, 3.8) is 0 Å². The number of methoxy groups -OCH3 is 1. The van der Waals surface area contributed by atoms with E-state index in [4.69, 9.17) is 0 Å². The highest BCUT2D eigenvalue weighted by Crippen LogP contribution is 1.96. The number of rotatable bonds is 3. The van der Waals surface area contributed by atoms with E-state index < -0.39 is 5.97 Å². The highest BCUT2D eigenvalue weighted by molar-refractivity contribution is 5.87. The molecular formula is C7H9NO3. The lowest BCUT2D eigenvalue weighted by atomic mass is 10.4. The van der Waals surface area contributed by atoms with Crippen molar-refractivity contribution in [2.24, 2.45) is 0 Å². The number of aromatic amines is 1. The monoisotopic (exact) mass is 155 g/mol. The number of hydrogen-bond acceptors (Lipinski definition) is 3. The molecule has 0 atom stereocenters. The van der Waals surface area contributed by atoms with Gasteiger partial charge in [-0.15, -0.1) is 0 Å². The number of H-pyrrole nitrogens is 1. The van der Waals surface area contributed by atoms with Crippen LogP contribution in [0, 0.1) is 0 Å². The summed E-state index contributed by atoms with van der Waals surface area (Å²) in [5.74, 6) is -0.406. The largest absolute Gasteiger partial charge is 0.434 e. The van der Waals surface area contributed by atoms with E-state index in [1.54, 1.807) is 18.3 Å². The van der Waals surface area contributed by atoms with Crippen LogP contribution in [0.2, 0.25) is 0 Å². The zero-order chi connectivity index (χ0) is 8.10. The maximum atomic E-state index is 10.9. The number of nitrogens with one attached hydrogen (secondary N) is 1. The molecule has 1 N–H and O–H groups in total. The van der Waals surface area contributed by atoms with Crippen LogP contribution in [0.1, 0.15) is 10.5 Å². The molecule has 1 heterocycles. The maximum Gasteiger partial charge on any atom is 0.356 e. The third-order valence-electron chi connectivity index (χ3n) is 1.13. The van der Waals surface area contributed by atoms with Crippen molar-refractivity contribution in [2.45, 2.75) is 0 Å². The topological polar surface area (TPSA) is 51.3 Å². The smallest absolute Gasteiger partial charge is 0.356 e. The Morgan fingerprint density at radius 1 is 1.73 bits per heavy atom. The second-order valence-corrected chi connectivity index (χ2v) is 1.92. The van der Waals surface area contributed by atoms with Crippen molar-refractivity contribution in [3.05, 3.63) is 24.0 Å².